The third-order valence-corrected chi connectivity index (χ3v) is 4.00. The summed E-state index contributed by atoms with van der Waals surface area (Å²) in [7, 11) is 0. The Morgan fingerprint density at radius 1 is 1.13 bits per heavy atom. The summed E-state index contributed by atoms with van der Waals surface area (Å²) in [6.07, 6.45) is 0. The topological polar surface area (TPSA) is 43.2 Å². The molecule has 1 aliphatic heterocycles. The molecule has 0 N–H and O–H groups in total. The lowest BCUT2D eigenvalue weighted by atomic mass is 10.2. The van der Waals surface area contributed by atoms with Gasteiger partial charge in [0.15, 0.2) is 5.82 Å². The number of benzene rings is 1. The zero-order chi connectivity index (χ0) is 16.2. The molecule has 23 heavy (non-hydrogen) atoms. The van der Waals surface area contributed by atoms with Crippen molar-refractivity contribution in [2.75, 3.05) is 26.3 Å². The largest absolute Gasteiger partial charge is 0.379 e. The second-order valence-electron chi connectivity index (χ2n) is 6.21. The van der Waals surface area contributed by atoms with E-state index < -0.39 is 0 Å². The molecule has 0 amide bonds. The number of hydrogen-bond donors (Lipinski definition) is 0. The van der Waals surface area contributed by atoms with Crippen LogP contribution in [0, 0.1) is 5.82 Å². The maximum absolute atomic E-state index is 13.1. The number of ether oxygens (including phenoxy) is 1. The molecule has 0 aliphatic carbocycles. The molecule has 0 spiro atoms. The Kier molecular flexibility index (Phi) is 5.03. The van der Waals surface area contributed by atoms with Crippen LogP contribution in [0.1, 0.15) is 37.0 Å². The van der Waals surface area contributed by atoms with Crippen molar-refractivity contribution in [1.29, 1.82) is 0 Å². The molecule has 2 heterocycles. The van der Waals surface area contributed by atoms with Gasteiger partial charge in [-0.1, -0.05) is 26.0 Å². The fourth-order valence-electron chi connectivity index (χ4n) is 2.60. The summed E-state index contributed by atoms with van der Waals surface area (Å²) in [5, 5.41) is 4.65. The molecule has 6 heteroatoms. The highest BCUT2D eigenvalue weighted by Crippen LogP contribution is 2.14. The van der Waals surface area contributed by atoms with Crippen LogP contribution in [-0.2, 0) is 17.8 Å². The van der Waals surface area contributed by atoms with Crippen LogP contribution in [0.3, 0.4) is 0 Å². The molecule has 0 atom stereocenters. The summed E-state index contributed by atoms with van der Waals surface area (Å²) < 4.78 is 20.4. The number of halogens is 1. The average Bonchev–Trinajstić information content (AvgIpc) is 2.94. The Morgan fingerprint density at radius 3 is 2.48 bits per heavy atom. The van der Waals surface area contributed by atoms with Crippen LogP contribution in [0.4, 0.5) is 4.39 Å². The van der Waals surface area contributed by atoms with Gasteiger partial charge in [0.2, 0.25) is 0 Å². The molecule has 1 aromatic carbocycles. The van der Waals surface area contributed by atoms with E-state index in [1.54, 1.807) is 12.1 Å². The Labute approximate surface area is 136 Å². The third-order valence-electron chi connectivity index (χ3n) is 4.00. The van der Waals surface area contributed by atoms with E-state index in [2.05, 4.69) is 23.8 Å². The summed E-state index contributed by atoms with van der Waals surface area (Å²) >= 11 is 0. The quantitative estimate of drug-likeness (QED) is 0.849. The molecule has 124 valence electrons. The highest BCUT2D eigenvalue weighted by molar-refractivity contribution is 5.16. The number of rotatable bonds is 5. The summed E-state index contributed by atoms with van der Waals surface area (Å²) in [4.78, 5) is 7.04. The fraction of sp³-hybridized carbons (Fsp3) is 0.529. The minimum atomic E-state index is -0.219. The first-order valence-electron chi connectivity index (χ1n) is 8.10. The van der Waals surface area contributed by atoms with E-state index in [0.29, 0.717) is 6.54 Å². The van der Waals surface area contributed by atoms with Crippen LogP contribution >= 0.6 is 0 Å². The normalized spacial score (nSPS) is 16.2. The van der Waals surface area contributed by atoms with Crippen molar-refractivity contribution in [3.63, 3.8) is 0 Å². The Bertz CT molecular complexity index is 633. The summed E-state index contributed by atoms with van der Waals surface area (Å²) in [5.41, 5.74) is 1.02. The van der Waals surface area contributed by atoms with Gasteiger partial charge in [0.1, 0.15) is 11.6 Å². The highest BCUT2D eigenvalue weighted by atomic mass is 19.1. The fourth-order valence-corrected chi connectivity index (χ4v) is 2.60. The summed E-state index contributed by atoms with van der Waals surface area (Å²) in [6.45, 7) is 8.93. The molecule has 1 fully saturated rings. The molecule has 1 aromatic heterocycles. The van der Waals surface area contributed by atoms with Gasteiger partial charge in [-0.05, 0) is 17.7 Å². The lowest BCUT2D eigenvalue weighted by molar-refractivity contribution is 0.0325. The molecule has 0 bridgehead atoms. The van der Waals surface area contributed by atoms with Crippen LogP contribution in [-0.4, -0.2) is 46.0 Å². The van der Waals surface area contributed by atoms with Crippen molar-refractivity contribution >= 4 is 0 Å². The molecular formula is C17H23FN4O. The number of aromatic nitrogens is 3. The second kappa shape index (κ2) is 7.19. The highest BCUT2D eigenvalue weighted by Gasteiger charge is 2.17. The van der Waals surface area contributed by atoms with Crippen molar-refractivity contribution in [2.45, 2.75) is 32.9 Å². The summed E-state index contributed by atoms with van der Waals surface area (Å²) in [6, 6.07) is 6.56. The Balaban J connectivity index is 1.80. The van der Waals surface area contributed by atoms with E-state index in [-0.39, 0.29) is 11.7 Å². The number of hydrogen-bond acceptors (Lipinski definition) is 4. The van der Waals surface area contributed by atoms with Crippen molar-refractivity contribution < 1.29 is 9.13 Å². The SMILES string of the molecule is CC(C)c1nc(CN2CCOCC2)n(Cc2ccc(F)cc2)n1. The van der Waals surface area contributed by atoms with E-state index in [0.717, 1.165) is 50.1 Å². The van der Waals surface area contributed by atoms with Crippen molar-refractivity contribution in [2.24, 2.45) is 0 Å². The first kappa shape index (κ1) is 16.1. The number of morpholine rings is 1. The standard InChI is InChI=1S/C17H23FN4O/c1-13(2)17-19-16(12-21-7-9-23-10-8-21)22(20-17)11-14-3-5-15(18)6-4-14/h3-6,13H,7-12H2,1-2H3. The predicted molar refractivity (Wildman–Crippen MR) is 85.7 cm³/mol. The molecule has 0 unspecified atom stereocenters. The van der Waals surface area contributed by atoms with E-state index in [1.165, 1.54) is 12.1 Å². The van der Waals surface area contributed by atoms with Crippen LogP contribution in [0.5, 0.6) is 0 Å². The van der Waals surface area contributed by atoms with Gasteiger partial charge in [-0.25, -0.2) is 14.1 Å². The lowest BCUT2D eigenvalue weighted by Gasteiger charge is -2.26. The summed E-state index contributed by atoms with van der Waals surface area (Å²) in [5.74, 6) is 1.88. The van der Waals surface area contributed by atoms with Crippen LogP contribution in [0.2, 0.25) is 0 Å². The lowest BCUT2D eigenvalue weighted by Crippen LogP contribution is -2.36. The van der Waals surface area contributed by atoms with Gasteiger partial charge in [0.25, 0.3) is 0 Å². The molecule has 0 radical (unpaired) electrons. The molecule has 2 aromatic rings. The Morgan fingerprint density at radius 2 is 1.83 bits per heavy atom. The first-order valence-corrected chi connectivity index (χ1v) is 8.10. The molecule has 3 rings (SSSR count). The third kappa shape index (κ3) is 4.14. The van der Waals surface area contributed by atoms with E-state index >= 15 is 0 Å². The zero-order valence-electron chi connectivity index (χ0n) is 13.7. The van der Waals surface area contributed by atoms with E-state index in [4.69, 9.17) is 9.72 Å². The van der Waals surface area contributed by atoms with E-state index in [1.807, 2.05) is 4.68 Å². The van der Waals surface area contributed by atoms with Gasteiger partial charge >= 0.3 is 0 Å². The van der Waals surface area contributed by atoms with Crippen LogP contribution < -0.4 is 0 Å². The van der Waals surface area contributed by atoms with Crippen molar-refractivity contribution in [1.82, 2.24) is 19.7 Å². The van der Waals surface area contributed by atoms with Crippen LogP contribution in [0.25, 0.3) is 0 Å². The second-order valence-corrected chi connectivity index (χ2v) is 6.21. The maximum Gasteiger partial charge on any atom is 0.153 e. The molecular weight excluding hydrogens is 295 g/mol. The van der Waals surface area contributed by atoms with Crippen LogP contribution in [0.15, 0.2) is 24.3 Å². The van der Waals surface area contributed by atoms with Gasteiger partial charge in [-0.3, -0.25) is 4.90 Å². The van der Waals surface area contributed by atoms with Crippen molar-refractivity contribution in [3.05, 3.63) is 47.3 Å². The van der Waals surface area contributed by atoms with Gasteiger partial charge < -0.3 is 4.74 Å². The van der Waals surface area contributed by atoms with E-state index in [9.17, 15) is 4.39 Å². The molecule has 0 saturated carbocycles. The predicted octanol–water partition coefficient (Wildman–Crippen LogP) is 2.42. The minimum Gasteiger partial charge on any atom is -0.379 e. The zero-order valence-corrected chi connectivity index (χ0v) is 13.7. The number of nitrogens with zero attached hydrogens (tertiary/aromatic N) is 4. The van der Waals surface area contributed by atoms with Gasteiger partial charge in [0, 0.05) is 19.0 Å². The Hall–Kier alpha value is -1.79. The average molecular weight is 318 g/mol. The van der Waals surface area contributed by atoms with Gasteiger partial charge in [-0.2, -0.15) is 5.10 Å². The molecule has 1 aliphatic rings. The van der Waals surface area contributed by atoms with Crippen molar-refractivity contribution in [3.8, 4) is 0 Å². The maximum atomic E-state index is 13.1. The van der Waals surface area contributed by atoms with Gasteiger partial charge in [0.05, 0.1) is 26.3 Å². The molecule has 5 nitrogen and oxygen atoms in total. The first-order chi connectivity index (χ1) is 11.1. The monoisotopic (exact) mass is 318 g/mol. The molecule has 1 saturated heterocycles. The van der Waals surface area contributed by atoms with Gasteiger partial charge in [-0.15, -0.1) is 0 Å². The minimum absolute atomic E-state index is 0.219. The smallest absolute Gasteiger partial charge is 0.153 e.